The first-order valence-electron chi connectivity index (χ1n) is 22.3. The minimum Gasteiger partial charge on any atom is -0.392 e. The average Bonchev–Trinajstić information content (AvgIpc) is 3.83. The molecule has 0 saturated heterocycles. The van der Waals surface area contributed by atoms with Gasteiger partial charge in [-0.3, -0.25) is 0 Å². The van der Waals surface area contributed by atoms with Crippen LogP contribution in [0.3, 0.4) is 0 Å². The van der Waals surface area contributed by atoms with Crippen LogP contribution < -0.4 is 13.9 Å². The van der Waals surface area contributed by atoms with Gasteiger partial charge in [0.15, 0.2) is 17.2 Å². The fourth-order valence-electron chi connectivity index (χ4n) is 10.8. The number of imidazole rings is 1. The molecule has 304 valence electrons. The monoisotopic (exact) mass is 823 g/mol. The molecule has 4 nitrogen and oxygen atoms in total. The van der Waals surface area contributed by atoms with Crippen molar-refractivity contribution in [1.82, 2.24) is 4.57 Å². The summed E-state index contributed by atoms with van der Waals surface area (Å²) in [5.74, 6) is 0.888. The summed E-state index contributed by atoms with van der Waals surface area (Å²) < 4.78 is 15.2. The summed E-state index contributed by atoms with van der Waals surface area (Å²) >= 11 is 0. The molecule has 0 radical (unpaired) electrons. The molecular weight excluding hydrogens is 779 g/mol. The molecule has 64 heavy (non-hydrogen) atoms. The van der Waals surface area contributed by atoms with Crippen LogP contribution in [0.2, 0.25) is 0 Å². The Morgan fingerprint density at radius 3 is 1.78 bits per heavy atom. The summed E-state index contributed by atoms with van der Waals surface area (Å²) in [6.45, 7) is 9.21. The molecule has 3 aliphatic heterocycles. The Balaban J connectivity index is 1.14. The minimum atomic E-state index is -1.05. The second-order valence-electron chi connectivity index (χ2n) is 18.6. The van der Waals surface area contributed by atoms with Crippen molar-refractivity contribution in [2.45, 2.75) is 39.0 Å². The first-order chi connectivity index (χ1) is 31.3. The van der Waals surface area contributed by atoms with E-state index in [-0.39, 0.29) is 5.41 Å². The van der Waals surface area contributed by atoms with Crippen LogP contribution in [-0.4, -0.2) is 4.57 Å². The molecule has 0 N–H and O–H groups in total. The Labute approximate surface area is 373 Å². The van der Waals surface area contributed by atoms with Crippen molar-refractivity contribution in [1.29, 1.82) is 0 Å². The number of rotatable bonds is 5. The molecule has 0 amide bonds. The fraction of sp³-hybridized carbons (Fsp3) is 0.100. The Morgan fingerprint density at radius 1 is 0.484 bits per heavy atom. The molecule has 2 aromatic heterocycles. The quantitative estimate of drug-likeness (QED) is 0.159. The van der Waals surface area contributed by atoms with Crippen molar-refractivity contribution >= 4 is 11.0 Å². The first kappa shape index (κ1) is 36.8. The molecule has 0 saturated carbocycles. The number of benzene rings is 8. The molecular formula is C60H45N3O+2. The van der Waals surface area contributed by atoms with Crippen LogP contribution in [0.5, 0.6) is 5.75 Å². The Bertz CT molecular complexity index is 3540. The lowest BCUT2D eigenvalue weighted by Gasteiger charge is -2.33. The highest BCUT2D eigenvalue weighted by Gasteiger charge is 2.68. The van der Waals surface area contributed by atoms with E-state index < -0.39 is 5.85 Å². The fourth-order valence-corrected chi connectivity index (χ4v) is 10.8. The Kier molecular flexibility index (Phi) is 7.67. The summed E-state index contributed by atoms with van der Waals surface area (Å²) in [5.41, 5.74) is 22.3. The van der Waals surface area contributed by atoms with Crippen molar-refractivity contribution in [2.75, 3.05) is 0 Å². The number of hydrogen-bond acceptors (Lipinski definition) is 1. The largest absolute Gasteiger partial charge is 0.499 e. The smallest absolute Gasteiger partial charge is 0.392 e. The van der Waals surface area contributed by atoms with Gasteiger partial charge in [-0.25, -0.2) is 0 Å². The van der Waals surface area contributed by atoms with E-state index in [0.29, 0.717) is 0 Å². The van der Waals surface area contributed by atoms with Crippen molar-refractivity contribution in [3.05, 3.63) is 217 Å². The van der Waals surface area contributed by atoms with Crippen LogP contribution in [0.1, 0.15) is 37.5 Å². The highest BCUT2D eigenvalue weighted by molar-refractivity contribution is 5.99. The predicted octanol–water partition coefficient (Wildman–Crippen LogP) is 13.7. The van der Waals surface area contributed by atoms with Crippen LogP contribution in [0.4, 0.5) is 0 Å². The second-order valence-corrected chi connectivity index (χ2v) is 18.6. The molecule has 0 fully saturated rings. The van der Waals surface area contributed by atoms with E-state index in [1.807, 2.05) is 0 Å². The minimum absolute atomic E-state index is 0.101. The van der Waals surface area contributed by atoms with Gasteiger partial charge in [0.1, 0.15) is 22.6 Å². The highest BCUT2D eigenvalue weighted by Crippen LogP contribution is 2.54. The first-order valence-corrected chi connectivity index (χ1v) is 22.3. The van der Waals surface area contributed by atoms with Crippen LogP contribution in [0.25, 0.3) is 95.0 Å². The third-order valence-electron chi connectivity index (χ3n) is 13.8. The summed E-state index contributed by atoms with van der Waals surface area (Å²) in [4.78, 5) is 0. The normalized spacial score (nSPS) is 15.1. The van der Waals surface area contributed by atoms with Crippen LogP contribution in [0, 0.1) is 6.92 Å². The highest BCUT2D eigenvalue weighted by atomic mass is 16.5. The molecule has 1 spiro atoms. The number of aryl methyl sites for hydroxylation is 1. The maximum Gasteiger partial charge on any atom is 0.499 e. The van der Waals surface area contributed by atoms with Gasteiger partial charge < -0.3 is 4.74 Å². The SMILES string of the molecule is Cc1cc(-c2ccccc2)c(-n2c3[n+]4c5c(cccc52)-c2cc(C(C)(C)C)cc5c2C4(Oc2ccccc2-3)[n+]2ccc(-c3ccc(-c4ccccc4)cc3)cc2-5)cc1-c1ccccc1. The van der Waals surface area contributed by atoms with Gasteiger partial charge >= 0.3 is 11.7 Å². The average molecular weight is 824 g/mol. The number of para-hydroxylation sites is 2. The molecule has 1 atom stereocenters. The van der Waals surface area contributed by atoms with E-state index in [9.17, 15) is 0 Å². The van der Waals surface area contributed by atoms with E-state index in [2.05, 4.69) is 242 Å². The number of hydrogen-bond donors (Lipinski definition) is 0. The van der Waals surface area contributed by atoms with Gasteiger partial charge in [-0.15, -0.1) is 9.13 Å². The lowest BCUT2D eigenvalue weighted by Crippen LogP contribution is -2.78. The van der Waals surface area contributed by atoms with Crippen molar-refractivity contribution in [2.24, 2.45) is 0 Å². The van der Waals surface area contributed by atoms with Gasteiger partial charge in [0, 0.05) is 28.8 Å². The van der Waals surface area contributed by atoms with Gasteiger partial charge in [0.2, 0.25) is 5.69 Å². The summed E-state index contributed by atoms with van der Waals surface area (Å²) in [6, 6.07) is 71.1. The third-order valence-corrected chi connectivity index (χ3v) is 13.8. The van der Waals surface area contributed by atoms with E-state index in [0.717, 1.165) is 45.1 Å². The lowest BCUT2D eigenvalue weighted by atomic mass is 9.80. The number of fused-ring (bicyclic) bond motifs is 5. The topological polar surface area (TPSA) is 21.9 Å². The molecule has 8 aromatic carbocycles. The Hall–Kier alpha value is -7.82. The van der Waals surface area contributed by atoms with Gasteiger partial charge in [-0.05, 0) is 111 Å². The molecule has 4 heteroatoms. The molecule has 1 unspecified atom stereocenters. The number of nitrogens with zero attached hydrogens (tertiary/aromatic N) is 3. The third kappa shape index (κ3) is 5.11. The maximum atomic E-state index is 7.73. The van der Waals surface area contributed by atoms with E-state index in [1.54, 1.807) is 0 Å². The van der Waals surface area contributed by atoms with Crippen molar-refractivity contribution < 1.29 is 13.9 Å². The molecule has 5 heterocycles. The van der Waals surface area contributed by atoms with Gasteiger partial charge in [-0.2, -0.15) is 4.57 Å². The van der Waals surface area contributed by atoms with E-state index in [4.69, 9.17) is 4.74 Å². The van der Waals surface area contributed by atoms with E-state index in [1.165, 1.54) is 72.3 Å². The Morgan fingerprint density at radius 2 is 1.08 bits per heavy atom. The number of ether oxygens (including phenoxy) is 1. The zero-order valence-corrected chi connectivity index (χ0v) is 36.3. The zero-order chi connectivity index (χ0) is 42.9. The maximum absolute atomic E-state index is 7.73. The predicted molar refractivity (Wildman–Crippen MR) is 258 cm³/mol. The standard InChI is InChI=1S/C60H45N3O/c1-38-33-49(43-21-12-7-13-22-43)54(37-48(38)42-19-10-6-11-20-42)62-52-25-16-24-46-50-35-45(59(2,3)4)36-51-53-34-44(41-29-27-40(28-30-41)39-17-8-5-9-18-39)31-32-61(53)60(56(50)51)63(57(46)52)58(62)47-23-14-15-26-55(47)64-60/h5-37H,1-4H3/q+2. The lowest BCUT2D eigenvalue weighted by molar-refractivity contribution is -0.997. The molecule has 13 rings (SSSR count). The van der Waals surface area contributed by atoms with Crippen molar-refractivity contribution in [3.8, 4) is 89.7 Å². The number of aromatic nitrogens is 3. The zero-order valence-electron chi connectivity index (χ0n) is 36.3. The molecule has 0 bridgehead atoms. The summed E-state index contributed by atoms with van der Waals surface area (Å²) in [6.07, 6.45) is 2.27. The number of pyridine rings is 1. The summed E-state index contributed by atoms with van der Waals surface area (Å²) in [5, 5.41) is 0. The van der Waals surface area contributed by atoms with E-state index >= 15 is 0 Å². The summed E-state index contributed by atoms with van der Waals surface area (Å²) in [7, 11) is 0. The molecule has 3 aliphatic rings. The molecule has 0 aliphatic carbocycles. The van der Waals surface area contributed by atoms with Crippen LogP contribution in [0.15, 0.2) is 200 Å². The second kappa shape index (κ2) is 13.3. The van der Waals surface area contributed by atoms with Crippen LogP contribution in [-0.2, 0) is 11.3 Å². The van der Waals surface area contributed by atoms with Crippen molar-refractivity contribution in [3.63, 3.8) is 0 Å². The van der Waals surface area contributed by atoms with Gasteiger partial charge in [-0.1, -0.05) is 154 Å². The molecule has 10 aromatic rings. The van der Waals surface area contributed by atoms with Crippen LogP contribution >= 0.6 is 0 Å². The van der Waals surface area contributed by atoms with Gasteiger partial charge in [0.25, 0.3) is 0 Å². The van der Waals surface area contributed by atoms with Gasteiger partial charge in [0.05, 0.1) is 5.56 Å².